The zero-order chi connectivity index (χ0) is 9.26. The van der Waals surface area contributed by atoms with E-state index in [9.17, 15) is 9.18 Å². The molecule has 1 aromatic carbocycles. The molecule has 0 N–H and O–H groups in total. The van der Waals surface area contributed by atoms with E-state index < -0.39 is 5.82 Å². The van der Waals surface area contributed by atoms with Crippen LogP contribution in [-0.2, 0) is 0 Å². The Bertz CT molecular complexity index is 467. The summed E-state index contributed by atoms with van der Waals surface area (Å²) in [5.41, 5.74) is 0.828. The van der Waals surface area contributed by atoms with Crippen LogP contribution in [0.15, 0.2) is 30.5 Å². The molecule has 64 valence electrons. The van der Waals surface area contributed by atoms with Crippen molar-refractivity contribution in [3.8, 4) is 0 Å². The molecule has 0 amide bonds. The van der Waals surface area contributed by atoms with Crippen LogP contribution >= 0.6 is 0 Å². The number of benzene rings is 1. The number of fused-ring (bicyclic) bond motifs is 1. The molecular formula is C10H6FNO. The van der Waals surface area contributed by atoms with Crippen LogP contribution in [0.5, 0.6) is 0 Å². The molecule has 0 unspecified atom stereocenters. The Hall–Kier alpha value is -1.77. The van der Waals surface area contributed by atoms with Crippen molar-refractivity contribution in [1.29, 1.82) is 0 Å². The SMILES string of the molecule is O=Cc1cc(F)cc2cccnc12. The number of halogens is 1. The molecule has 2 nitrogen and oxygen atoms in total. The van der Waals surface area contributed by atoms with E-state index in [1.54, 1.807) is 18.3 Å². The number of carbonyl (C=O) groups excluding carboxylic acids is 1. The zero-order valence-electron chi connectivity index (χ0n) is 6.70. The highest BCUT2D eigenvalue weighted by Crippen LogP contribution is 2.16. The predicted octanol–water partition coefficient (Wildman–Crippen LogP) is 2.19. The van der Waals surface area contributed by atoms with E-state index in [4.69, 9.17) is 0 Å². The van der Waals surface area contributed by atoms with Crippen molar-refractivity contribution >= 4 is 17.2 Å². The summed E-state index contributed by atoms with van der Waals surface area (Å²) in [4.78, 5) is 14.6. The first-order valence-corrected chi connectivity index (χ1v) is 3.81. The second-order valence-electron chi connectivity index (χ2n) is 2.69. The van der Waals surface area contributed by atoms with Crippen LogP contribution in [0.1, 0.15) is 10.4 Å². The number of rotatable bonds is 1. The average molecular weight is 175 g/mol. The number of pyridine rings is 1. The lowest BCUT2D eigenvalue weighted by Gasteiger charge is -1.98. The van der Waals surface area contributed by atoms with Gasteiger partial charge >= 0.3 is 0 Å². The van der Waals surface area contributed by atoms with Gasteiger partial charge < -0.3 is 0 Å². The standard InChI is InChI=1S/C10H6FNO/c11-9-4-7-2-1-3-12-10(7)8(5-9)6-13/h1-6H. The highest BCUT2D eigenvalue weighted by molar-refractivity contribution is 5.95. The third-order valence-electron chi connectivity index (χ3n) is 1.83. The van der Waals surface area contributed by atoms with Crippen molar-refractivity contribution in [2.75, 3.05) is 0 Å². The van der Waals surface area contributed by atoms with Crippen molar-refractivity contribution in [1.82, 2.24) is 4.98 Å². The van der Waals surface area contributed by atoms with E-state index in [0.717, 1.165) is 0 Å². The van der Waals surface area contributed by atoms with Gasteiger partial charge in [-0.2, -0.15) is 0 Å². The molecule has 0 saturated carbocycles. The van der Waals surface area contributed by atoms with Crippen LogP contribution in [0, 0.1) is 5.82 Å². The van der Waals surface area contributed by atoms with E-state index in [-0.39, 0.29) is 5.56 Å². The summed E-state index contributed by atoms with van der Waals surface area (Å²) >= 11 is 0. The van der Waals surface area contributed by atoms with E-state index >= 15 is 0 Å². The zero-order valence-corrected chi connectivity index (χ0v) is 6.70. The Morgan fingerprint density at radius 1 is 1.38 bits per heavy atom. The maximum absolute atomic E-state index is 12.9. The van der Waals surface area contributed by atoms with Gasteiger partial charge in [-0.15, -0.1) is 0 Å². The molecule has 0 aliphatic heterocycles. The van der Waals surface area contributed by atoms with Gasteiger partial charge in [-0.1, -0.05) is 6.07 Å². The molecule has 0 radical (unpaired) electrons. The fourth-order valence-electron chi connectivity index (χ4n) is 1.27. The molecule has 0 aliphatic rings. The predicted molar refractivity (Wildman–Crippen MR) is 47.1 cm³/mol. The average Bonchev–Trinajstić information content (AvgIpc) is 2.16. The summed E-state index contributed by atoms with van der Waals surface area (Å²) in [5.74, 6) is -0.414. The molecule has 0 fully saturated rings. The third-order valence-corrected chi connectivity index (χ3v) is 1.83. The van der Waals surface area contributed by atoms with E-state index in [1.807, 2.05) is 0 Å². The number of carbonyl (C=O) groups is 1. The highest BCUT2D eigenvalue weighted by atomic mass is 19.1. The lowest BCUT2D eigenvalue weighted by atomic mass is 10.1. The Morgan fingerprint density at radius 2 is 2.23 bits per heavy atom. The third kappa shape index (κ3) is 1.28. The van der Waals surface area contributed by atoms with Crippen LogP contribution in [0.25, 0.3) is 10.9 Å². The van der Waals surface area contributed by atoms with E-state index in [1.165, 1.54) is 12.1 Å². The first kappa shape index (κ1) is 7.86. The van der Waals surface area contributed by atoms with Gasteiger partial charge in [-0.3, -0.25) is 9.78 Å². The normalized spacial score (nSPS) is 10.2. The van der Waals surface area contributed by atoms with Crippen LogP contribution < -0.4 is 0 Å². The minimum atomic E-state index is -0.414. The first-order chi connectivity index (χ1) is 6.31. The van der Waals surface area contributed by atoms with Crippen molar-refractivity contribution in [3.05, 3.63) is 41.8 Å². The monoisotopic (exact) mass is 175 g/mol. The molecule has 1 aromatic heterocycles. The Morgan fingerprint density at radius 3 is 3.00 bits per heavy atom. The summed E-state index contributed by atoms with van der Waals surface area (Å²) in [6.45, 7) is 0. The smallest absolute Gasteiger partial charge is 0.152 e. The number of nitrogens with zero attached hydrogens (tertiary/aromatic N) is 1. The molecule has 0 atom stereocenters. The van der Waals surface area contributed by atoms with Gasteiger partial charge in [0.25, 0.3) is 0 Å². The first-order valence-electron chi connectivity index (χ1n) is 3.81. The second kappa shape index (κ2) is 2.94. The van der Waals surface area contributed by atoms with Gasteiger partial charge in [0.1, 0.15) is 5.82 Å². The maximum atomic E-state index is 12.9. The molecule has 2 aromatic rings. The summed E-state index contributed by atoms with van der Waals surface area (Å²) < 4.78 is 12.9. The molecule has 13 heavy (non-hydrogen) atoms. The van der Waals surface area contributed by atoms with Crippen LogP contribution in [0.4, 0.5) is 4.39 Å². The summed E-state index contributed by atoms with van der Waals surface area (Å²) in [5, 5.41) is 0.643. The number of hydrogen-bond donors (Lipinski definition) is 0. The van der Waals surface area contributed by atoms with Gasteiger partial charge in [0.05, 0.1) is 5.52 Å². The fraction of sp³-hybridized carbons (Fsp3) is 0. The van der Waals surface area contributed by atoms with Gasteiger partial charge in [-0.05, 0) is 18.2 Å². The Kier molecular flexibility index (Phi) is 1.77. The highest BCUT2D eigenvalue weighted by Gasteiger charge is 2.03. The maximum Gasteiger partial charge on any atom is 0.152 e. The molecule has 2 rings (SSSR count). The fourth-order valence-corrected chi connectivity index (χ4v) is 1.27. The van der Waals surface area contributed by atoms with Gasteiger partial charge in [0.2, 0.25) is 0 Å². The topological polar surface area (TPSA) is 30.0 Å². The number of aromatic nitrogens is 1. The van der Waals surface area contributed by atoms with Gasteiger partial charge in [0.15, 0.2) is 6.29 Å². The quantitative estimate of drug-likeness (QED) is 0.622. The molecular weight excluding hydrogens is 169 g/mol. The molecule has 0 aliphatic carbocycles. The van der Waals surface area contributed by atoms with Crippen molar-refractivity contribution in [3.63, 3.8) is 0 Å². The molecule has 0 bridgehead atoms. The molecule has 1 heterocycles. The van der Waals surface area contributed by atoms with E-state index in [0.29, 0.717) is 17.2 Å². The van der Waals surface area contributed by atoms with Gasteiger partial charge in [0, 0.05) is 17.1 Å². The Labute approximate surface area is 74.0 Å². The molecule has 0 saturated heterocycles. The molecule has 3 heteroatoms. The number of aldehydes is 1. The van der Waals surface area contributed by atoms with Crippen LogP contribution in [0.2, 0.25) is 0 Å². The van der Waals surface area contributed by atoms with Gasteiger partial charge in [-0.25, -0.2) is 4.39 Å². The van der Waals surface area contributed by atoms with Crippen LogP contribution in [0.3, 0.4) is 0 Å². The minimum absolute atomic E-state index is 0.288. The van der Waals surface area contributed by atoms with Crippen molar-refractivity contribution < 1.29 is 9.18 Å². The van der Waals surface area contributed by atoms with Crippen molar-refractivity contribution in [2.24, 2.45) is 0 Å². The lowest BCUT2D eigenvalue weighted by Crippen LogP contribution is -1.88. The van der Waals surface area contributed by atoms with Crippen molar-refractivity contribution in [2.45, 2.75) is 0 Å². The van der Waals surface area contributed by atoms with Crippen LogP contribution in [-0.4, -0.2) is 11.3 Å². The van der Waals surface area contributed by atoms with E-state index in [2.05, 4.69) is 4.98 Å². The summed E-state index contributed by atoms with van der Waals surface area (Å²) in [6.07, 6.45) is 2.19. The lowest BCUT2D eigenvalue weighted by molar-refractivity contribution is 0.112. The largest absolute Gasteiger partial charge is 0.298 e. The minimum Gasteiger partial charge on any atom is -0.298 e. The Balaban J connectivity index is 2.89. The second-order valence-corrected chi connectivity index (χ2v) is 2.69. The number of hydrogen-bond acceptors (Lipinski definition) is 2. The summed E-state index contributed by atoms with van der Waals surface area (Å²) in [7, 11) is 0. The summed E-state index contributed by atoms with van der Waals surface area (Å²) in [6, 6.07) is 5.96. The molecule has 0 spiro atoms.